The summed E-state index contributed by atoms with van der Waals surface area (Å²) in [5.41, 5.74) is 4.51. The lowest BCUT2D eigenvalue weighted by molar-refractivity contribution is -0.113. The van der Waals surface area contributed by atoms with Gasteiger partial charge in [0.25, 0.3) is 17.7 Å². The summed E-state index contributed by atoms with van der Waals surface area (Å²) in [5, 5.41) is 7.92. The van der Waals surface area contributed by atoms with Crippen LogP contribution in [0.25, 0.3) is 6.08 Å². The average Bonchev–Trinajstić information content (AvgIpc) is 3.47. The van der Waals surface area contributed by atoms with E-state index in [4.69, 9.17) is 11.6 Å². The number of halogens is 2. The molecule has 4 aromatic rings. The number of benzene rings is 3. The van der Waals surface area contributed by atoms with Crippen LogP contribution in [-0.2, 0) is 4.79 Å². The summed E-state index contributed by atoms with van der Waals surface area (Å²) in [5.74, 6) is -1.79. The normalized spacial score (nSPS) is 15.1. The third kappa shape index (κ3) is 6.12. The summed E-state index contributed by atoms with van der Waals surface area (Å²) < 4.78 is 13.2. The zero-order valence-corrected chi connectivity index (χ0v) is 23.1. The summed E-state index contributed by atoms with van der Waals surface area (Å²) in [7, 11) is 0. The van der Waals surface area contributed by atoms with Crippen LogP contribution in [0, 0.1) is 12.7 Å². The number of nitrogens with one attached hydrogen (secondary N) is 2. The van der Waals surface area contributed by atoms with Gasteiger partial charge in [-0.05, 0) is 78.9 Å². The summed E-state index contributed by atoms with van der Waals surface area (Å²) in [6.45, 7) is 1.63. The van der Waals surface area contributed by atoms with Crippen LogP contribution in [0.3, 0.4) is 0 Å². The van der Waals surface area contributed by atoms with Crippen LogP contribution in [0.15, 0.2) is 88.9 Å². The monoisotopic (exact) mass is 591 g/mol. The number of nitrogens with zero attached hydrogens (tertiary/aromatic N) is 3. The van der Waals surface area contributed by atoms with E-state index < -0.39 is 17.6 Å². The Bertz CT molecular complexity index is 1660. The highest BCUT2D eigenvalue weighted by Crippen LogP contribution is 2.36. The van der Waals surface area contributed by atoms with E-state index in [1.165, 1.54) is 29.2 Å². The third-order valence-corrected chi connectivity index (χ3v) is 7.86. The van der Waals surface area contributed by atoms with Gasteiger partial charge in [0.2, 0.25) is 0 Å². The maximum absolute atomic E-state index is 13.3. The van der Waals surface area contributed by atoms with Gasteiger partial charge in [0, 0.05) is 10.6 Å². The molecule has 0 aliphatic carbocycles. The van der Waals surface area contributed by atoms with Crippen molar-refractivity contribution in [3.8, 4) is 0 Å². The molecule has 3 amide bonds. The Morgan fingerprint density at radius 3 is 2.40 bits per heavy atom. The highest BCUT2D eigenvalue weighted by molar-refractivity contribution is 8.19. The maximum Gasteiger partial charge on any atom is 0.283 e. The number of aryl methyl sites for hydroxylation is 1. The minimum absolute atomic E-state index is 0.203. The van der Waals surface area contributed by atoms with Crippen molar-refractivity contribution < 1.29 is 18.8 Å². The van der Waals surface area contributed by atoms with Crippen molar-refractivity contribution in [2.75, 3.05) is 10.2 Å². The number of aromatic nitrogens is 1. The molecule has 0 spiro atoms. The van der Waals surface area contributed by atoms with E-state index in [-0.39, 0.29) is 26.6 Å². The highest BCUT2D eigenvalue weighted by Gasteiger charge is 2.35. The number of amidine groups is 1. The van der Waals surface area contributed by atoms with Crippen molar-refractivity contribution in [2.45, 2.75) is 6.92 Å². The van der Waals surface area contributed by atoms with Gasteiger partial charge in [-0.15, -0.1) is 5.10 Å². The van der Waals surface area contributed by atoms with Crippen LogP contribution in [0.1, 0.15) is 31.3 Å². The maximum atomic E-state index is 13.3. The van der Waals surface area contributed by atoms with Gasteiger partial charge in [-0.3, -0.25) is 24.6 Å². The fourth-order valence-corrected chi connectivity index (χ4v) is 5.56. The van der Waals surface area contributed by atoms with Gasteiger partial charge in [0.1, 0.15) is 10.7 Å². The molecule has 5 rings (SSSR count). The molecule has 2 heterocycles. The first-order valence-electron chi connectivity index (χ1n) is 11.8. The number of rotatable bonds is 6. The second kappa shape index (κ2) is 11.8. The molecular weight excluding hydrogens is 573 g/mol. The molecule has 1 fully saturated rings. The van der Waals surface area contributed by atoms with E-state index in [1.807, 2.05) is 6.07 Å². The molecule has 0 saturated carbocycles. The number of amides is 3. The molecule has 200 valence electrons. The van der Waals surface area contributed by atoms with E-state index in [0.29, 0.717) is 21.3 Å². The lowest BCUT2D eigenvalue weighted by Gasteiger charge is -2.15. The Hall–Kier alpha value is -4.32. The van der Waals surface area contributed by atoms with Gasteiger partial charge < -0.3 is 0 Å². The molecule has 12 heteroatoms. The van der Waals surface area contributed by atoms with Crippen LogP contribution < -0.4 is 15.6 Å². The second-order valence-electron chi connectivity index (χ2n) is 8.37. The Labute approximate surface area is 241 Å². The fraction of sp³-hybridized carbons (Fsp3) is 0.0357. The Morgan fingerprint density at radius 2 is 1.70 bits per heavy atom. The zero-order valence-electron chi connectivity index (χ0n) is 20.7. The lowest BCUT2D eigenvalue weighted by atomic mass is 10.2. The van der Waals surface area contributed by atoms with Gasteiger partial charge in [0.15, 0.2) is 10.3 Å². The van der Waals surface area contributed by atoms with Crippen molar-refractivity contribution in [1.29, 1.82) is 0 Å². The lowest BCUT2D eigenvalue weighted by Crippen LogP contribution is -2.31. The number of thioether (sulfide) groups is 1. The molecule has 40 heavy (non-hydrogen) atoms. The SMILES string of the molecule is Cc1nc(NC(=O)c2ccc(F)cc2)sc1C(=O)N/N=C1/S/C(=C/c2ccc(Cl)cc2)C(=O)N1c1ccccc1. The van der Waals surface area contributed by atoms with Crippen LogP contribution >= 0.6 is 34.7 Å². The number of para-hydroxylation sites is 1. The summed E-state index contributed by atoms with van der Waals surface area (Å²) in [6, 6.07) is 21.1. The van der Waals surface area contributed by atoms with Crippen LogP contribution in [0.2, 0.25) is 5.02 Å². The van der Waals surface area contributed by atoms with Crippen molar-refractivity contribution in [2.24, 2.45) is 5.10 Å². The number of anilines is 2. The first-order valence-corrected chi connectivity index (χ1v) is 13.8. The number of hydrogen-bond donors (Lipinski definition) is 2. The van der Waals surface area contributed by atoms with Crippen LogP contribution in [-0.4, -0.2) is 27.9 Å². The van der Waals surface area contributed by atoms with E-state index in [1.54, 1.807) is 61.5 Å². The van der Waals surface area contributed by atoms with Crippen LogP contribution in [0.5, 0.6) is 0 Å². The first-order chi connectivity index (χ1) is 19.3. The molecule has 2 N–H and O–H groups in total. The van der Waals surface area contributed by atoms with E-state index in [0.717, 1.165) is 28.7 Å². The molecule has 1 aromatic heterocycles. The highest BCUT2D eigenvalue weighted by atomic mass is 35.5. The molecule has 1 aliphatic heterocycles. The molecule has 8 nitrogen and oxygen atoms in total. The molecule has 1 aliphatic rings. The zero-order chi connectivity index (χ0) is 28.2. The molecule has 0 unspecified atom stereocenters. The van der Waals surface area contributed by atoms with Crippen molar-refractivity contribution >= 4 is 74.5 Å². The number of carbonyl (C=O) groups is 3. The summed E-state index contributed by atoms with van der Waals surface area (Å²) in [6.07, 6.45) is 1.73. The molecular formula is C28H19ClFN5O3S2. The van der Waals surface area contributed by atoms with Gasteiger partial charge in [-0.25, -0.2) is 14.8 Å². The summed E-state index contributed by atoms with van der Waals surface area (Å²) in [4.78, 5) is 45.1. The number of hydrazone groups is 1. The third-order valence-electron chi connectivity index (χ3n) is 5.57. The largest absolute Gasteiger partial charge is 0.298 e. The minimum atomic E-state index is -0.555. The predicted octanol–water partition coefficient (Wildman–Crippen LogP) is 6.32. The van der Waals surface area contributed by atoms with Crippen molar-refractivity contribution in [3.63, 3.8) is 0 Å². The average molecular weight is 592 g/mol. The molecule has 3 aromatic carbocycles. The number of thiazole rings is 1. The van der Waals surface area contributed by atoms with Crippen molar-refractivity contribution in [3.05, 3.63) is 116 Å². The summed E-state index contributed by atoms with van der Waals surface area (Å²) >= 11 is 8.07. The Kier molecular flexibility index (Phi) is 8.06. The topological polar surface area (TPSA) is 104 Å². The van der Waals surface area contributed by atoms with Gasteiger partial charge in [0.05, 0.1) is 16.3 Å². The minimum Gasteiger partial charge on any atom is -0.298 e. The van der Waals surface area contributed by atoms with Gasteiger partial charge in [-0.1, -0.05) is 53.3 Å². The quantitative estimate of drug-likeness (QED) is 0.202. The van der Waals surface area contributed by atoms with E-state index in [2.05, 4.69) is 20.8 Å². The van der Waals surface area contributed by atoms with Gasteiger partial charge >= 0.3 is 0 Å². The van der Waals surface area contributed by atoms with Crippen LogP contribution in [0.4, 0.5) is 15.2 Å². The number of carbonyl (C=O) groups excluding carboxylic acids is 3. The predicted molar refractivity (Wildman–Crippen MR) is 157 cm³/mol. The molecule has 1 saturated heterocycles. The fourth-order valence-electron chi connectivity index (χ4n) is 3.64. The smallest absolute Gasteiger partial charge is 0.283 e. The molecule has 0 radical (unpaired) electrons. The standard InChI is InChI=1S/C28H19ClFN5O3S2/c1-16-23(40-27(31-16)32-24(36)18-9-13-20(30)14-10-18)25(37)33-34-28-35(21-5-3-2-4-6-21)26(38)22(39-28)15-17-7-11-19(29)12-8-17/h2-15H,1H3,(H,33,37)(H,31,32,36)/b22-15+,34-28+. The number of hydrogen-bond acceptors (Lipinski definition) is 7. The van der Waals surface area contributed by atoms with Crippen molar-refractivity contribution in [1.82, 2.24) is 10.4 Å². The Morgan fingerprint density at radius 1 is 1.00 bits per heavy atom. The second-order valence-corrected chi connectivity index (χ2v) is 10.8. The van der Waals surface area contributed by atoms with Gasteiger partial charge in [-0.2, -0.15) is 0 Å². The molecule has 0 bridgehead atoms. The van der Waals surface area contributed by atoms with E-state index in [9.17, 15) is 18.8 Å². The first kappa shape index (κ1) is 27.3. The Balaban J connectivity index is 1.36. The van der Waals surface area contributed by atoms with E-state index >= 15 is 0 Å². The molecule has 0 atom stereocenters.